The first-order chi connectivity index (χ1) is 10.5. The molecule has 1 unspecified atom stereocenters. The predicted octanol–water partition coefficient (Wildman–Crippen LogP) is 1.47. The molecule has 0 bridgehead atoms. The molecule has 1 N–H and O–H groups in total. The number of amides is 2. The monoisotopic (exact) mass is 308 g/mol. The van der Waals surface area contributed by atoms with E-state index < -0.39 is 5.54 Å². The fourth-order valence-electron chi connectivity index (χ4n) is 2.65. The minimum atomic E-state index is -0.951. The Balaban J connectivity index is 2.14. The van der Waals surface area contributed by atoms with Crippen LogP contribution in [0.1, 0.15) is 25.3 Å². The number of likely N-dealkylation sites (tertiary alicyclic amines) is 1. The van der Waals surface area contributed by atoms with Crippen molar-refractivity contribution in [3.8, 4) is 0 Å². The number of halogens is 1. The van der Waals surface area contributed by atoms with E-state index in [1.54, 1.807) is 32.2 Å². The van der Waals surface area contributed by atoms with Crippen LogP contribution in [-0.4, -0.2) is 42.5 Å². The van der Waals surface area contributed by atoms with Crippen molar-refractivity contribution in [3.05, 3.63) is 35.6 Å². The minimum Gasteiger partial charge on any atom is -0.383 e. The standard InChI is InChI=1S/C16H21FN2O3/c1-16(15(21)18-9-10-22-2)8-7-14(20)19(16)11-12-5-3-4-6-13(12)17/h3-6H,7-11H2,1-2H3,(H,18,21). The molecule has 0 saturated carbocycles. The van der Waals surface area contributed by atoms with Crippen molar-refractivity contribution in [3.63, 3.8) is 0 Å². The summed E-state index contributed by atoms with van der Waals surface area (Å²) in [4.78, 5) is 26.0. The summed E-state index contributed by atoms with van der Waals surface area (Å²) < 4.78 is 18.7. The molecule has 1 aliphatic heterocycles. The van der Waals surface area contributed by atoms with E-state index in [0.29, 0.717) is 31.6 Å². The molecule has 120 valence electrons. The Morgan fingerprint density at radius 3 is 2.86 bits per heavy atom. The van der Waals surface area contributed by atoms with Gasteiger partial charge in [-0.15, -0.1) is 0 Å². The van der Waals surface area contributed by atoms with Crippen molar-refractivity contribution in [2.75, 3.05) is 20.3 Å². The SMILES string of the molecule is COCCNC(=O)C1(C)CCC(=O)N1Cc1ccccc1F. The third kappa shape index (κ3) is 3.27. The zero-order chi connectivity index (χ0) is 16.2. The lowest BCUT2D eigenvalue weighted by Crippen LogP contribution is -2.54. The summed E-state index contributed by atoms with van der Waals surface area (Å²) in [5.74, 6) is -0.733. The lowest BCUT2D eigenvalue weighted by molar-refractivity contribution is -0.141. The Hall–Kier alpha value is -1.95. The van der Waals surface area contributed by atoms with Gasteiger partial charge in [-0.2, -0.15) is 0 Å². The zero-order valence-electron chi connectivity index (χ0n) is 12.9. The number of nitrogens with one attached hydrogen (secondary N) is 1. The smallest absolute Gasteiger partial charge is 0.245 e. The van der Waals surface area contributed by atoms with Gasteiger partial charge in [-0.1, -0.05) is 18.2 Å². The highest BCUT2D eigenvalue weighted by molar-refractivity contribution is 5.94. The predicted molar refractivity (Wildman–Crippen MR) is 79.5 cm³/mol. The van der Waals surface area contributed by atoms with E-state index in [-0.39, 0.29) is 24.2 Å². The summed E-state index contributed by atoms with van der Waals surface area (Å²) in [6.07, 6.45) is 0.724. The van der Waals surface area contributed by atoms with Gasteiger partial charge in [-0.05, 0) is 19.4 Å². The summed E-state index contributed by atoms with van der Waals surface area (Å²) in [5.41, 5.74) is -0.540. The van der Waals surface area contributed by atoms with Gasteiger partial charge >= 0.3 is 0 Å². The molecule has 1 heterocycles. The fourth-order valence-corrected chi connectivity index (χ4v) is 2.65. The van der Waals surface area contributed by atoms with Gasteiger partial charge in [0.25, 0.3) is 0 Å². The van der Waals surface area contributed by atoms with Gasteiger partial charge in [0.05, 0.1) is 6.61 Å². The highest BCUT2D eigenvalue weighted by atomic mass is 19.1. The molecule has 1 aliphatic rings. The van der Waals surface area contributed by atoms with Crippen LogP contribution in [0.25, 0.3) is 0 Å². The fraction of sp³-hybridized carbons (Fsp3) is 0.500. The molecule has 0 aromatic heterocycles. The lowest BCUT2D eigenvalue weighted by Gasteiger charge is -2.34. The molecule has 6 heteroatoms. The van der Waals surface area contributed by atoms with E-state index in [2.05, 4.69) is 5.32 Å². The molecule has 5 nitrogen and oxygen atoms in total. The Morgan fingerprint density at radius 2 is 2.18 bits per heavy atom. The molecule has 0 aliphatic carbocycles. The normalized spacial score (nSPS) is 21.2. The Kier molecular flexibility index (Phi) is 5.13. The average molecular weight is 308 g/mol. The molecule has 0 spiro atoms. The largest absolute Gasteiger partial charge is 0.383 e. The van der Waals surface area contributed by atoms with Gasteiger partial charge in [-0.3, -0.25) is 9.59 Å². The van der Waals surface area contributed by atoms with E-state index >= 15 is 0 Å². The van der Waals surface area contributed by atoms with Gasteiger partial charge in [0.2, 0.25) is 11.8 Å². The first-order valence-electron chi connectivity index (χ1n) is 7.30. The molecule has 1 aromatic rings. The van der Waals surface area contributed by atoms with Gasteiger partial charge in [0.1, 0.15) is 11.4 Å². The maximum Gasteiger partial charge on any atom is 0.245 e. The molecule has 1 aromatic carbocycles. The number of rotatable bonds is 6. The minimum absolute atomic E-state index is 0.0969. The van der Waals surface area contributed by atoms with Crippen LogP contribution >= 0.6 is 0 Å². The van der Waals surface area contributed by atoms with Gasteiger partial charge in [-0.25, -0.2) is 4.39 Å². The van der Waals surface area contributed by atoms with Gasteiger partial charge in [0, 0.05) is 32.2 Å². The molecule has 2 rings (SSSR count). The molecule has 1 atom stereocenters. The second-order valence-electron chi connectivity index (χ2n) is 5.59. The third-order valence-electron chi connectivity index (χ3n) is 4.09. The number of carbonyl (C=O) groups is 2. The number of hydrogen-bond donors (Lipinski definition) is 1. The second-order valence-corrected chi connectivity index (χ2v) is 5.59. The van der Waals surface area contributed by atoms with Crippen molar-refractivity contribution in [1.82, 2.24) is 10.2 Å². The van der Waals surface area contributed by atoms with Gasteiger partial charge in [0.15, 0.2) is 0 Å². The Morgan fingerprint density at radius 1 is 1.45 bits per heavy atom. The Labute approximate surface area is 129 Å². The van der Waals surface area contributed by atoms with E-state index in [9.17, 15) is 14.0 Å². The summed E-state index contributed by atoms with van der Waals surface area (Å²) >= 11 is 0. The highest BCUT2D eigenvalue weighted by Crippen LogP contribution is 2.32. The molecular formula is C16H21FN2O3. The van der Waals surface area contributed by atoms with Crippen molar-refractivity contribution >= 4 is 11.8 Å². The maximum absolute atomic E-state index is 13.8. The van der Waals surface area contributed by atoms with Crippen LogP contribution in [-0.2, 0) is 20.9 Å². The van der Waals surface area contributed by atoms with E-state index in [0.717, 1.165) is 0 Å². The topological polar surface area (TPSA) is 58.6 Å². The van der Waals surface area contributed by atoms with Crippen LogP contribution in [0.3, 0.4) is 0 Å². The van der Waals surface area contributed by atoms with Crippen molar-refractivity contribution in [1.29, 1.82) is 0 Å². The van der Waals surface area contributed by atoms with Crippen LogP contribution in [0.2, 0.25) is 0 Å². The van der Waals surface area contributed by atoms with Gasteiger partial charge < -0.3 is 15.0 Å². The number of carbonyl (C=O) groups excluding carboxylic acids is 2. The van der Waals surface area contributed by atoms with Crippen LogP contribution in [0.4, 0.5) is 4.39 Å². The molecule has 2 amide bonds. The Bertz CT molecular complexity index is 564. The molecule has 22 heavy (non-hydrogen) atoms. The highest BCUT2D eigenvalue weighted by Gasteiger charge is 2.47. The molecule has 1 fully saturated rings. The number of ether oxygens (including phenoxy) is 1. The van der Waals surface area contributed by atoms with Crippen molar-refractivity contribution < 1.29 is 18.7 Å². The number of nitrogens with zero attached hydrogens (tertiary/aromatic N) is 1. The van der Waals surface area contributed by atoms with Crippen LogP contribution in [0.5, 0.6) is 0 Å². The summed E-state index contributed by atoms with van der Waals surface area (Å²) in [6, 6.07) is 6.30. The zero-order valence-corrected chi connectivity index (χ0v) is 12.9. The molecule has 0 radical (unpaired) electrons. The summed E-state index contributed by atoms with van der Waals surface area (Å²) in [6.45, 7) is 2.61. The van der Waals surface area contributed by atoms with Crippen molar-refractivity contribution in [2.45, 2.75) is 31.8 Å². The van der Waals surface area contributed by atoms with E-state index in [1.807, 2.05) is 0 Å². The lowest BCUT2D eigenvalue weighted by atomic mass is 9.97. The second kappa shape index (κ2) is 6.87. The number of methoxy groups -OCH3 is 1. The maximum atomic E-state index is 13.8. The van der Waals surface area contributed by atoms with Crippen LogP contribution < -0.4 is 5.32 Å². The van der Waals surface area contributed by atoms with Crippen LogP contribution in [0, 0.1) is 5.82 Å². The average Bonchev–Trinajstić information content (AvgIpc) is 2.79. The van der Waals surface area contributed by atoms with Crippen molar-refractivity contribution in [2.24, 2.45) is 0 Å². The summed E-state index contributed by atoms with van der Waals surface area (Å²) in [7, 11) is 1.55. The molecular weight excluding hydrogens is 287 g/mol. The first kappa shape index (κ1) is 16.4. The summed E-state index contributed by atoms with van der Waals surface area (Å²) in [5, 5.41) is 2.77. The van der Waals surface area contributed by atoms with E-state index in [4.69, 9.17) is 4.74 Å². The quantitative estimate of drug-likeness (QED) is 0.810. The van der Waals surface area contributed by atoms with Crippen LogP contribution in [0.15, 0.2) is 24.3 Å². The number of hydrogen-bond acceptors (Lipinski definition) is 3. The first-order valence-corrected chi connectivity index (χ1v) is 7.30. The number of benzene rings is 1. The third-order valence-corrected chi connectivity index (χ3v) is 4.09. The van der Waals surface area contributed by atoms with E-state index in [1.165, 1.54) is 11.0 Å². The molecule has 1 saturated heterocycles.